The quantitative estimate of drug-likeness (QED) is 0.425. The van der Waals surface area contributed by atoms with Crippen molar-refractivity contribution in [3.05, 3.63) is 74.7 Å². The number of fused-ring (bicyclic) bond motifs is 1. The Morgan fingerprint density at radius 1 is 1.06 bits per heavy atom. The summed E-state index contributed by atoms with van der Waals surface area (Å²) in [6.45, 7) is 3.14. The Morgan fingerprint density at radius 3 is 2.37 bits per heavy atom. The van der Waals surface area contributed by atoms with Gasteiger partial charge in [0.1, 0.15) is 18.0 Å². The molecule has 1 aromatic carbocycles. The number of ether oxygens (including phenoxy) is 2. The molecule has 0 radical (unpaired) electrons. The number of nitrogens with zero attached hydrogens (tertiary/aromatic N) is 4. The van der Waals surface area contributed by atoms with Gasteiger partial charge in [-0.2, -0.15) is 18.3 Å². The summed E-state index contributed by atoms with van der Waals surface area (Å²) >= 11 is 0. The highest BCUT2D eigenvalue weighted by Gasteiger charge is 2.33. The Labute approximate surface area is 197 Å². The van der Waals surface area contributed by atoms with Gasteiger partial charge < -0.3 is 14.5 Å². The maximum atomic E-state index is 13.3. The number of alkyl halides is 3. The molecule has 9 nitrogen and oxygen atoms in total. The lowest BCUT2D eigenvalue weighted by molar-refractivity contribution is -0.138. The molecule has 0 saturated carbocycles. The molecule has 0 bridgehead atoms. The molecule has 0 spiro atoms. The zero-order chi connectivity index (χ0) is 25.5. The molecule has 2 unspecified atom stereocenters. The van der Waals surface area contributed by atoms with Crippen LogP contribution in [0.2, 0.25) is 0 Å². The number of aromatic nitrogens is 5. The van der Waals surface area contributed by atoms with Gasteiger partial charge in [0, 0.05) is 26.0 Å². The number of methoxy groups -OCH3 is 2. The van der Waals surface area contributed by atoms with Crippen molar-refractivity contribution in [3.8, 4) is 11.3 Å². The first-order chi connectivity index (χ1) is 16.6. The summed E-state index contributed by atoms with van der Waals surface area (Å²) in [7, 11) is 2.82. The van der Waals surface area contributed by atoms with E-state index in [2.05, 4.69) is 10.1 Å². The highest BCUT2D eigenvalue weighted by atomic mass is 19.4. The number of H-pyrrole nitrogens is 1. The highest BCUT2D eigenvalue weighted by Crippen LogP contribution is 2.32. The highest BCUT2D eigenvalue weighted by molar-refractivity contribution is 5.82. The van der Waals surface area contributed by atoms with Gasteiger partial charge in [-0.05, 0) is 31.5 Å². The molecule has 0 aliphatic rings. The fourth-order valence-corrected chi connectivity index (χ4v) is 3.96. The lowest BCUT2D eigenvalue weighted by Crippen LogP contribution is -2.43. The molecular weight excluding hydrogens is 467 g/mol. The fourth-order valence-electron chi connectivity index (χ4n) is 3.96. The van der Waals surface area contributed by atoms with E-state index in [-0.39, 0.29) is 17.6 Å². The molecule has 0 aliphatic carbocycles. The van der Waals surface area contributed by atoms with Crippen molar-refractivity contribution in [1.29, 1.82) is 0 Å². The van der Waals surface area contributed by atoms with Crippen LogP contribution in [0.15, 0.2) is 52.3 Å². The number of rotatable bonds is 7. The normalized spacial score (nSPS) is 13.9. The molecule has 12 heteroatoms. The summed E-state index contributed by atoms with van der Waals surface area (Å²) in [5.41, 5.74) is -0.361. The number of halogens is 3. The van der Waals surface area contributed by atoms with E-state index in [0.717, 1.165) is 10.6 Å². The van der Waals surface area contributed by atoms with Crippen LogP contribution in [0.1, 0.15) is 37.4 Å². The van der Waals surface area contributed by atoms with Crippen molar-refractivity contribution >= 4 is 11.0 Å². The van der Waals surface area contributed by atoms with E-state index in [1.165, 1.54) is 47.9 Å². The molecule has 3 aromatic heterocycles. The van der Waals surface area contributed by atoms with Crippen molar-refractivity contribution in [3.63, 3.8) is 0 Å². The Kier molecular flexibility index (Phi) is 6.43. The summed E-state index contributed by atoms with van der Waals surface area (Å²) in [5.74, 6) is 0. The minimum absolute atomic E-state index is 0.0745. The minimum Gasteiger partial charge on any atom is -0.361 e. The first-order valence-corrected chi connectivity index (χ1v) is 10.7. The van der Waals surface area contributed by atoms with Crippen molar-refractivity contribution in [1.82, 2.24) is 23.9 Å². The lowest BCUT2D eigenvalue weighted by Gasteiger charge is -2.19. The smallest absolute Gasteiger partial charge is 0.361 e. The SMILES string of the molecule is COC(C)n1c(=O)c2[nH]c(-c3cnn(Cc4ccccc4C(F)(F)F)c3)cc2n(C(C)OC)c1=O. The molecule has 0 saturated heterocycles. The Hall–Kier alpha value is -3.64. The van der Waals surface area contributed by atoms with Gasteiger partial charge in [0.2, 0.25) is 0 Å². The Bertz CT molecular complexity index is 1480. The van der Waals surface area contributed by atoms with Crippen LogP contribution in [0.5, 0.6) is 0 Å². The van der Waals surface area contributed by atoms with E-state index in [1.807, 2.05) is 0 Å². The number of aromatic amines is 1. The largest absolute Gasteiger partial charge is 0.416 e. The Morgan fingerprint density at radius 2 is 1.71 bits per heavy atom. The number of hydrogen-bond acceptors (Lipinski definition) is 5. The van der Waals surface area contributed by atoms with E-state index in [1.54, 1.807) is 26.1 Å². The predicted octanol–water partition coefficient (Wildman–Crippen LogP) is 3.75. The van der Waals surface area contributed by atoms with Gasteiger partial charge in [0.05, 0.1) is 29.5 Å². The van der Waals surface area contributed by atoms with Crippen molar-refractivity contribution in [2.45, 2.75) is 39.0 Å². The molecule has 2 atom stereocenters. The van der Waals surface area contributed by atoms with E-state index < -0.39 is 35.4 Å². The zero-order valence-electron chi connectivity index (χ0n) is 19.5. The molecule has 0 aliphatic heterocycles. The minimum atomic E-state index is -4.48. The summed E-state index contributed by atoms with van der Waals surface area (Å²) in [6.07, 6.45) is -2.95. The number of hydrogen-bond donors (Lipinski definition) is 1. The monoisotopic (exact) mass is 491 g/mol. The Balaban J connectivity index is 1.80. The van der Waals surface area contributed by atoms with E-state index >= 15 is 0 Å². The van der Waals surface area contributed by atoms with Crippen LogP contribution < -0.4 is 11.2 Å². The summed E-state index contributed by atoms with van der Waals surface area (Å²) in [4.78, 5) is 29.2. The van der Waals surface area contributed by atoms with Gasteiger partial charge in [0.25, 0.3) is 5.56 Å². The van der Waals surface area contributed by atoms with Crippen LogP contribution in [0.3, 0.4) is 0 Å². The average Bonchev–Trinajstić information content (AvgIpc) is 3.46. The summed E-state index contributed by atoms with van der Waals surface area (Å²) < 4.78 is 54.3. The van der Waals surface area contributed by atoms with Crippen LogP contribution in [0.25, 0.3) is 22.3 Å². The van der Waals surface area contributed by atoms with Gasteiger partial charge >= 0.3 is 11.9 Å². The third kappa shape index (κ3) is 4.42. The van der Waals surface area contributed by atoms with Crippen molar-refractivity contribution < 1.29 is 22.6 Å². The van der Waals surface area contributed by atoms with Crippen LogP contribution in [-0.4, -0.2) is 38.1 Å². The average molecular weight is 491 g/mol. The molecular formula is C23H24F3N5O4. The molecule has 35 heavy (non-hydrogen) atoms. The first kappa shape index (κ1) is 24.5. The summed E-state index contributed by atoms with van der Waals surface area (Å²) in [5, 5.41) is 4.19. The number of nitrogens with one attached hydrogen (secondary N) is 1. The topological polar surface area (TPSA) is 96.1 Å². The fraction of sp³-hybridized carbons (Fsp3) is 0.348. The van der Waals surface area contributed by atoms with Gasteiger partial charge in [0.15, 0.2) is 0 Å². The maximum absolute atomic E-state index is 13.3. The van der Waals surface area contributed by atoms with Crippen molar-refractivity contribution in [2.75, 3.05) is 14.2 Å². The molecule has 1 N–H and O–H groups in total. The van der Waals surface area contributed by atoms with Crippen LogP contribution >= 0.6 is 0 Å². The van der Waals surface area contributed by atoms with Gasteiger partial charge in [-0.3, -0.25) is 14.0 Å². The maximum Gasteiger partial charge on any atom is 0.416 e. The predicted molar refractivity (Wildman–Crippen MR) is 122 cm³/mol. The third-order valence-electron chi connectivity index (χ3n) is 5.91. The summed E-state index contributed by atoms with van der Waals surface area (Å²) in [6, 6.07) is 6.91. The second kappa shape index (κ2) is 9.19. The third-order valence-corrected chi connectivity index (χ3v) is 5.91. The second-order valence-electron chi connectivity index (χ2n) is 8.02. The van der Waals surface area contributed by atoms with E-state index in [4.69, 9.17) is 9.47 Å². The standard InChI is InChI=1S/C23H24F3N5O4/c1-13(34-3)30-19-9-18(28-20(19)21(32)31(22(30)33)14(2)35-4)16-10-27-29(12-16)11-15-7-5-6-8-17(15)23(24,25)26/h5-10,12-14,28H,11H2,1-4H3. The van der Waals surface area contributed by atoms with Crippen LogP contribution in [-0.2, 0) is 22.2 Å². The number of benzene rings is 1. The van der Waals surface area contributed by atoms with Crippen LogP contribution in [0.4, 0.5) is 13.2 Å². The van der Waals surface area contributed by atoms with Gasteiger partial charge in [-0.25, -0.2) is 9.36 Å². The van der Waals surface area contributed by atoms with Crippen LogP contribution in [0, 0.1) is 0 Å². The van der Waals surface area contributed by atoms with Gasteiger partial charge in [-0.1, -0.05) is 18.2 Å². The lowest BCUT2D eigenvalue weighted by atomic mass is 10.1. The zero-order valence-corrected chi connectivity index (χ0v) is 19.5. The van der Waals surface area contributed by atoms with E-state index in [0.29, 0.717) is 16.8 Å². The molecule has 0 amide bonds. The molecule has 3 heterocycles. The first-order valence-electron chi connectivity index (χ1n) is 10.7. The second-order valence-corrected chi connectivity index (χ2v) is 8.02. The van der Waals surface area contributed by atoms with E-state index in [9.17, 15) is 22.8 Å². The molecule has 0 fully saturated rings. The molecule has 186 valence electrons. The molecule has 4 rings (SSSR count). The molecule has 4 aromatic rings. The van der Waals surface area contributed by atoms with Gasteiger partial charge in [-0.15, -0.1) is 0 Å². The van der Waals surface area contributed by atoms with Crippen molar-refractivity contribution in [2.24, 2.45) is 0 Å².